The Balaban J connectivity index is 2.61. The summed E-state index contributed by atoms with van der Waals surface area (Å²) < 4.78 is 0. The molecule has 0 aromatic heterocycles. The molecular weight excluding hydrogens is 134 g/mol. The maximum atomic E-state index is 3.06. The topological polar surface area (TPSA) is 3.24 Å². The Bertz CT molecular complexity index is 193. The summed E-state index contributed by atoms with van der Waals surface area (Å²) in [6.07, 6.45) is 1.19. The second-order valence-corrected chi connectivity index (χ2v) is 2.68. The minimum absolute atomic E-state index is 1.11. The van der Waals surface area contributed by atoms with E-state index in [9.17, 15) is 0 Å². The summed E-state index contributed by atoms with van der Waals surface area (Å²) in [5, 5.41) is 0. The molecular formula is C10H14N. The molecule has 1 aromatic carbocycles. The summed E-state index contributed by atoms with van der Waals surface area (Å²) in [6, 6.07) is 11.1. The van der Waals surface area contributed by atoms with Crippen LogP contribution in [-0.2, 0) is 0 Å². The summed E-state index contributed by atoms with van der Waals surface area (Å²) >= 11 is 0. The maximum Gasteiger partial charge on any atom is 0.0369 e. The lowest BCUT2D eigenvalue weighted by Crippen LogP contribution is -2.17. The number of nitrogens with zero attached hydrogens (tertiary/aromatic N) is 1. The quantitative estimate of drug-likeness (QED) is 0.636. The van der Waals surface area contributed by atoms with Crippen LogP contribution in [0.3, 0.4) is 0 Å². The standard InChI is InChI=1S/C10H14N/c1-3-9-11(2)10-7-5-4-6-8-10/h4-5,7-8H,3,9H2,1-2H3. The highest BCUT2D eigenvalue weighted by molar-refractivity contribution is 5.44. The Morgan fingerprint density at radius 2 is 2.36 bits per heavy atom. The van der Waals surface area contributed by atoms with Gasteiger partial charge < -0.3 is 4.90 Å². The Hall–Kier alpha value is -0.980. The van der Waals surface area contributed by atoms with Crippen molar-refractivity contribution in [3.63, 3.8) is 0 Å². The molecule has 0 fully saturated rings. The smallest absolute Gasteiger partial charge is 0.0369 e. The van der Waals surface area contributed by atoms with Crippen LogP contribution < -0.4 is 4.90 Å². The van der Waals surface area contributed by atoms with Crippen LogP contribution in [-0.4, -0.2) is 13.6 Å². The minimum Gasteiger partial charge on any atom is -0.375 e. The van der Waals surface area contributed by atoms with Gasteiger partial charge in [-0.15, -0.1) is 0 Å². The lowest BCUT2D eigenvalue weighted by atomic mass is 10.3. The molecule has 0 heterocycles. The molecule has 1 heteroatoms. The van der Waals surface area contributed by atoms with E-state index in [1.165, 1.54) is 12.1 Å². The molecule has 1 rings (SSSR count). The zero-order valence-electron chi connectivity index (χ0n) is 7.17. The highest BCUT2D eigenvalue weighted by Gasteiger charge is 1.95. The molecule has 0 aliphatic carbocycles. The fourth-order valence-electron chi connectivity index (χ4n) is 1.09. The van der Waals surface area contributed by atoms with Gasteiger partial charge in [0.2, 0.25) is 0 Å². The third-order valence-corrected chi connectivity index (χ3v) is 1.69. The van der Waals surface area contributed by atoms with Crippen LogP contribution in [0.15, 0.2) is 24.3 Å². The highest BCUT2D eigenvalue weighted by atomic mass is 15.1. The number of benzene rings is 1. The molecule has 0 bridgehead atoms. The van der Waals surface area contributed by atoms with Crippen molar-refractivity contribution < 1.29 is 0 Å². The van der Waals surface area contributed by atoms with Crippen molar-refractivity contribution in [2.75, 3.05) is 18.5 Å². The lowest BCUT2D eigenvalue weighted by molar-refractivity contribution is 0.852. The third kappa shape index (κ3) is 2.26. The molecule has 0 saturated heterocycles. The van der Waals surface area contributed by atoms with Gasteiger partial charge in [-0.25, -0.2) is 0 Å². The van der Waals surface area contributed by atoms with E-state index < -0.39 is 0 Å². The van der Waals surface area contributed by atoms with Crippen molar-refractivity contribution in [3.8, 4) is 0 Å². The molecule has 0 atom stereocenters. The Morgan fingerprint density at radius 3 is 2.91 bits per heavy atom. The Labute approximate surface area is 68.7 Å². The first kappa shape index (κ1) is 8.12. The van der Waals surface area contributed by atoms with Crippen LogP contribution in [0.4, 0.5) is 5.69 Å². The van der Waals surface area contributed by atoms with Gasteiger partial charge in [0.15, 0.2) is 0 Å². The van der Waals surface area contributed by atoms with Crippen LogP contribution in [0.2, 0.25) is 0 Å². The second-order valence-electron chi connectivity index (χ2n) is 2.68. The fourth-order valence-corrected chi connectivity index (χ4v) is 1.09. The average Bonchev–Trinajstić information content (AvgIpc) is 2.07. The van der Waals surface area contributed by atoms with Crippen molar-refractivity contribution in [2.45, 2.75) is 13.3 Å². The fraction of sp³-hybridized carbons (Fsp3) is 0.400. The van der Waals surface area contributed by atoms with E-state index in [2.05, 4.69) is 31.0 Å². The van der Waals surface area contributed by atoms with E-state index in [4.69, 9.17) is 0 Å². The summed E-state index contributed by atoms with van der Waals surface area (Å²) in [6.45, 7) is 3.29. The Kier molecular flexibility index (Phi) is 2.96. The van der Waals surface area contributed by atoms with Crippen molar-refractivity contribution in [2.24, 2.45) is 0 Å². The molecule has 0 aliphatic heterocycles. The summed E-state index contributed by atoms with van der Waals surface area (Å²) in [5.41, 5.74) is 1.24. The predicted octanol–water partition coefficient (Wildman–Crippen LogP) is 2.33. The molecule has 1 nitrogen and oxygen atoms in total. The monoisotopic (exact) mass is 148 g/mol. The first-order valence-corrected chi connectivity index (χ1v) is 4.02. The summed E-state index contributed by atoms with van der Waals surface area (Å²) in [4.78, 5) is 2.23. The van der Waals surface area contributed by atoms with Gasteiger partial charge in [-0.1, -0.05) is 19.1 Å². The number of rotatable bonds is 3. The summed E-state index contributed by atoms with van der Waals surface area (Å²) in [5.74, 6) is 0. The van der Waals surface area contributed by atoms with Gasteiger partial charge in [0, 0.05) is 19.3 Å². The maximum absolute atomic E-state index is 3.06. The van der Waals surface area contributed by atoms with Gasteiger partial charge in [0.05, 0.1) is 0 Å². The van der Waals surface area contributed by atoms with Crippen molar-refractivity contribution in [3.05, 3.63) is 30.3 Å². The van der Waals surface area contributed by atoms with Gasteiger partial charge in [-0.3, -0.25) is 0 Å². The van der Waals surface area contributed by atoms with Crippen LogP contribution in [0.1, 0.15) is 13.3 Å². The first-order chi connectivity index (χ1) is 5.34. The molecule has 0 aliphatic rings. The highest BCUT2D eigenvalue weighted by Crippen LogP contribution is 2.09. The van der Waals surface area contributed by atoms with Gasteiger partial charge >= 0.3 is 0 Å². The van der Waals surface area contributed by atoms with Crippen LogP contribution in [0.5, 0.6) is 0 Å². The van der Waals surface area contributed by atoms with Gasteiger partial charge in [0.1, 0.15) is 0 Å². The normalized spacial score (nSPS) is 9.64. The van der Waals surface area contributed by atoms with Crippen LogP contribution in [0.25, 0.3) is 0 Å². The van der Waals surface area contributed by atoms with Crippen molar-refractivity contribution in [1.82, 2.24) is 0 Å². The zero-order chi connectivity index (χ0) is 8.10. The van der Waals surface area contributed by atoms with Crippen molar-refractivity contribution >= 4 is 5.69 Å². The zero-order valence-corrected chi connectivity index (χ0v) is 7.17. The van der Waals surface area contributed by atoms with E-state index in [-0.39, 0.29) is 0 Å². The predicted molar refractivity (Wildman–Crippen MR) is 48.8 cm³/mol. The minimum atomic E-state index is 1.11. The molecule has 1 radical (unpaired) electrons. The van der Waals surface area contributed by atoms with E-state index >= 15 is 0 Å². The Morgan fingerprint density at radius 1 is 1.55 bits per heavy atom. The second kappa shape index (κ2) is 4.02. The van der Waals surface area contributed by atoms with E-state index in [0.717, 1.165) is 6.54 Å². The van der Waals surface area contributed by atoms with Gasteiger partial charge in [0.25, 0.3) is 0 Å². The molecule has 0 unspecified atom stereocenters. The lowest BCUT2D eigenvalue weighted by Gasteiger charge is -2.17. The molecule has 0 saturated carbocycles. The molecule has 11 heavy (non-hydrogen) atoms. The molecule has 0 N–H and O–H groups in total. The van der Waals surface area contributed by atoms with Crippen LogP contribution in [0, 0.1) is 6.07 Å². The number of hydrogen-bond donors (Lipinski definition) is 0. The molecule has 0 spiro atoms. The van der Waals surface area contributed by atoms with Crippen LogP contribution >= 0.6 is 0 Å². The largest absolute Gasteiger partial charge is 0.375 e. The number of anilines is 1. The molecule has 59 valence electrons. The van der Waals surface area contributed by atoms with E-state index in [0.29, 0.717) is 0 Å². The van der Waals surface area contributed by atoms with Crippen molar-refractivity contribution in [1.29, 1.82) is 0 Å². The van der Waals surface area contributed by atoms with E-state index in [1.54, 1.807) is 0 Å². The molecule has 1 aromatic rings. The van der Waals surface area contributed by atoms with Gasteiger partial charge in [-0.05, 0) is 24.6 Å². The SMILES string of the molecule is CCCN(C)c1c[c]ccc1. The summed E-state index contributed by atoms with van der Waals surface area (Å²) in [7, 11) is 2.10. The van der Waals surface area contributed by atoms with E-state index in [1.807, 2.05) is 18.2 Å². The number of hydrogen-bond acceptors (Lipinski definition) is 1. The first-order valence-electron chi connectivity index (χ1n) is 4.02. The van der Waals surface area contributed by atoms with Gasteiger partial charge in [-0.2, -0.15) is 0 Å². The third-order valence-electron chi connectivity index (χ3n) is 1.69. The molecule has 0 amide bonds. The average molecular weight is 148 g/mol.